The fourth-order valence-corrected chi connectivity index (χ4v) is 3.65. The van der Waals surface area contributed by atoms with Crippen molar-refractivity contribution in [3.8, 4) is 17.1 Å². The van der Waals surface area contributed by atoms with Gasteiger partial charge in [0.05, 0.1) is 18.0 Å². The molecule has 1 aliphatic heterocycles. The SMILES string of the molecule is CCOc1ccc(C(=O)Nc2ccccc2-c2cn3c(n2)SCC3)nn1. The van der Waals surface area contributed by atoms with E-state index in [9.17, 15) is 4.79 Å². The number of hydrogen-bond acceptors (Lipinski definition) is 6. The highest BCUT2D eigenvalue weighted by molar-refractivity contribution is 7.99. The Morgan fingerprint density at radius 1 is 1.27 bits per heavy atom. The van der Waals surface area contributed by atoms with Crippen LogP contribution in [0, 0.1) is 0 Å². The first-order chi connectivity index (χ1) is 12.7. The molecule has 0 saturated carbocycles. The van der Waals surface area contributed by atoms with E-state index in [2.05, 4.69) is 25.1 Å². The maximum atomic E-state index is 12.5. The van der Waals surface area contributed by atoms with Crippen molar-refractivity contribution in [3.63, 3.8) is 0 Å². The lowest BCUT2D eigenvalue weighted by Gasteiger charge is -2.09. The molecular weight excluding hydrogens is 350 g/mol. The third-order valence-corrected chi connectivity index (χ3v) is 4.89. The molecule has 0 aliphatic carbocycles. The van der Waals surface area contributed by atoms with Gasteiger partial charge in [-0.3, -0.25) is 4.79 Å². The zero-order valence-corrected chi connectivity index (χ0v) is 15.0. The summed E-state index contributed by atoms with van der Waals surface area (Å²) in [7, 11) is 0. The van der Waals surface area contributed by atoms with Crippen molar-refractivity contribution in [3.05, 3.63) is 48.3 Å². The van der Waals surface area contributed by atoms with Gasteiger partial charge in [-0.25, -0.2) is 4.98 Å². The number of fused-ring (bicyclic) bond motifs is 1. The molecule has 1 N–H and O–H groups in total. The van der Waals surface area contributed by atoms with E-state index in [1.54, 1.807) is 23.9 Å². The lowest BCUT2D eigenvalue weighted by molar-refractivity contribution is 0.102. The third kappa shape index (κ3) is 3.28. The number of rotatable bonds is 5. The summed E-state index contributed by atoms with van der Waals surface area (Å²) in [5.41, 5.74) is 2.64. The lowest BCUT2D eigenvalue weighted by atomic mass is 10.1. The highest BCUT2D eigenvalue weighted by Crippen LogP contribution is 2.32. The topological polar surface area (TPSA) is 81.9 Å². The molecule has 0 fully saturated rings. The molecule has 0 unspecified atom stereocenters. The van der Waals surface area contributed by atoms with Crippen LogP contribution in [0.5, 0.6) is 5.88 Å². The first-order valence-corrected chi connectivity index (χ1v) is 9.30. The summed E-state index contributed by atoms with van der Waals surface area (Å²) in [6, 6.07) is 10.8. The fraction of sp³-hybridized carbons (Fsp3) is 0.222. The number of aromatic nitrogens is 4. The van der Waals surface area contributed by atoms with Gasteiger partial charge in [0.2, 0.25) is 5.88 Å². The number of ether oxygens (including phenoxy) is 1. The Morgan fingerprint density at radius 3 is 2.92 bits per heavy atom. The summed E-state index contributed by atoms with van der Waals surface area (Å²) in [5, 5.41) is 11.7. The maximum Gasteiger partial charge on any atom is 0.276 e. The van der Waals surface area contributed by atoms with E-state index in [4.69, 9.17) is 4.74 Å². The molecular formula is C18H17N5O2S. The van der Waals surface area contributed by atoms with Crippen LogP contribution < -0.4 is 10.1 Å². The Hall–Kier alpha value is -2.87. The molecule has 0 bridgehead atoms. The largest absolute Gasteiger partial charge is 0.477 e. The van der Waals surface area contributed by atoms with Crippen LogP contribution in [0.15, 0.2) is 47.8 Å². The number of benzene rings is 1. The zero-order valence-electron chi connectivity index (χ0n) is 14.2. The Bertz CT molecular complexity index is 918. The molecule has 0 saturated heterocycles. The van der Waals surface area contributed by atoms with Crippen molar-refractivity contribution < 1.29 is 9.53 Å². The summed E-state index contributed by atoms with van der Waals surface area (Å²) >= 11 is 1.74. The molecule has 7 nitrogen and oxygen atoms in total. The predicted octanol–water partition coefficient (Wildman–Crippen LogP) is 3.10. The number of imidazole rings is 1. The highest BCUT2D eigenvalue weighted by atomic mass is 32.2. The minimum absolute atomic E-state index is 0.228. The van der Waals surface area contributed by atoms with Crippen LogP contribution in [0.25, 0.3) is 11.3 Å². The Balaban J connectivity index is 1.57. The van der Waals surface area contributed by atoms with Crippen molar-refractivity contribution in [1.29, 1.82) is 0 Å². The van der Waals surface area contributed by atoms with E-state index in [1.807, 2.05) is 37.4 Å². The minimum Gasteiger partial charge on any atom is -0.477 e. The van der Waals surface area contributed by atoms with Gasteiger partial charge in [-0.05, 0) is 19.1 Å². The second-order valence-electron chi connectivity index (χ2n) is 5.64. The molecule has 1 amide bonds. The number of nitrogens with zero attached hydrogens (tertiary/aromatic N) is 4. The summed E-state index contributed by atoms with van der Waals surface area (Å²) in [4.78, 5) is 17.2. The maximum absolute atomic E-state index is 12.5. The van der Waals surface area contributed by atoms with E-state index in [1.165, 1.54) is 0 Å². The second-order valence-corrected chi connectivity index (χ2v) is 6.70. The zero-order chi connectivity index (χ0) is 17.9. The van der Waals surface area contributed by atoms with Gasteiger partial charge in [0.25, 0.3) is 5.91 Å². The first-order valence-electron chi connectivity index (χ1n) is 8.32. The number of aryl methyl sites for hydroxylation is 1. The summed E-state index contributed by atoms with van der Waals surface area (Å²) in [5.74, 6) is 1.13. The lowest BCUT2D eigenvalue weighted by Crippen LogP contribution is -2.15. The Kier molecular flexibility index (Phi) is 4.57. The van der Waals surface area contributed by atoms with E-state index in [-0.39, 0.29) is 11.6 Å². The number of hydrogen-bond donors (Lipinski definition) is 1. The van der Waals surface area contributed by atoms with Crippen LogP contribution in [0.3, 0.4) is 0 Å². The number of anilines is 1. The van der Waals surface area contributed by atoms with Crippen molar-refractivity contribution >= 4 is 23.4 Å². The summed E-state index contributed by atoms with van der Waals surface area (Å²) < 4.78 is 7.38. The van der Waals surface area contributed by atoms with Crippen LogP contribution in [-0.4, -0.2) is 38.0 Å². The molecule has 1 aliphatic rings. The average Bonchev–Trinajstić information content (AvgIpc) is 3.25. The fourth-order valence-electron chi connectivity index (χ4n) is 2.71. The van der Waals surface area contributed by atoms with Crippen LogP contribution in [0.4, 0.5) is 5.69 Å². The van der Waals surface area contributed by atoms with E-state index < -0.39 is 0 Å². The van der Waals surface area contributed by atoms with Gasteiger partial charge in [-0.1, -0.05) is 30.0 Å². The van der Waals surface area contributed by atoms with Gasteiger partial charge in [0.1, 0.15) is 0 Å². The van der Waals surface area contributed by atoms with Gasteiger partial charge in [-0.2, -0.15) is 0 Å². The second kappa shape index (κ2) is 7.17. The number of nitrogens with one attached hydrogen (secondary N) is 1. The van der Waals surface area contributed by atoms with E-state index >= 15 is 0 Å². The molecule has 0 radical (unpaired) electrons. The third-order valence-electron chi connectivity index (χ3n) is 3.92. The monoisotopic (exact) mass is 367 g/mol. The van der Waals surface area contributed by atoms with Crippen LogP contribution in [0.1, 0.15) is 17.4 Å². The number of carbonyl (C=O) groups is 1. The van der Waals surface area contributed by atoms with Crippen molar-refractivity contribution in [2.75, 3.05) is 17.7 Å². The van der Waals surface area contributed by atoms with Crippen LogP contribution >= 0.6 is 11.8 Å². The molecule has 3 heterocycles. The van der Waals surface area contributed by atoms with Gasteiger partial charge < -0.3 is 14.6 Å². The van der Waals surface area contributed by atoms with Crippen molar-refractivity contribution in [2.24, 2.45) is 0 Å². The van der Waals surface area contributed by atoms with E-state index in [0.29, 0.717) is 18.2 Å². The average molecular weight is 367 g/mol. The molecule has 1 aromatic carbocycles. The number of thioether (sulfide) groups is 1. The molecule has 132 valence electrons. The van der Waals surface area contributed by atoms with Gasteiger partial charge >= 0.3 is 0 Å². The quantitative estimate of drug-likeness (QED) is 0.746. The predicted molar refractivity (Wildman–Crippen MR) is 99.5 cm³/mol. The molecule has 3 aromatic rings. The van der Waals surface area contributed by atoms with Crippen LogP contribution in [-0.2, 0) is 6.54 Å². The Morgan fingerprint density at radius 2 is 2.15 bits per heavy atom. The molecule has 8 heteroatoms. The van der Waals surface area contributed by atoms with Crippen LogP contribution in [0.2, 0.25) is 0 Å². The number of carbonyl (C=O) groups excluding carboxylic acids is 1. The normalized spacial score (nSPS) is 12.7. The van der Waals surface area contributed by atoms with Gasteiger partial charge in [0, 0.05) is 30.1 Å². The smallest absolute Gasteiger partial charge is 0.276 e. The molecule has 2 aromatic heterocycles. The van der Waals surface area contributed by atoms with Crippen molar-refractivity contribution in [1.82, 2.24) is 19.7 Å². The molecule has 0 atom stereocenters. The first kappa shape index (κ1) is 16.6. The molecule has 4 rings (SSSR count). The molecule has 0 spiro atoms. The number of amides is 1. The molecule has 26 heavy (non-hydrogen) atoms. The Labute approximate surface area is 154 Å². The highest BCUT2D eigenvalue weighted by Gasteiger charge is 2.18. The van der Waals surface area contributed by atoms with Crippen molar-refractivity contribution in [2.45, 2.75) is 18.6 Å². The summed E-state index contributed by atoms with van der Waals surface area (Å²) in [6.07, 6.45) is 2.02. The standard InChI is InChI=1S/C18H17N5O2S/c1-2-25-16-8-7-14(21-22-16)17(24)19-13-6-4-3-5-12(13)15-11-23-9-10-26-18(23)20-15/h3-8,11H,2,9-10H2,1H3,(H,19,24). The minimum atomic E-state index is -0.325. The van der Waals surface area contributed by atoms with Gasteiger partial charge in [0.15, 0.2) is 10.9 Å². The number of para-hydroxylation sites is 1. The van der Waals surface area contributed by atoms with E-state index in [0.717, 1.165) is 28.7 Å². The van der Waals surface area contributed by atoms with Gasteiger partial charge in [-0.15, -0.1) is 10.2 Å². The summed E-state index contributed by atoms with van der Waals surface area (Å²) in [6.45, 7) is 3.33.